The van der Waals surface area contributed by atoms with Crippen molar-refractivity contribution in [1.82, 2.24) is 0 Å². The number of rotatable bonds is 8. The van der Waals surface area contributed by atoms with Gasteiger partial charge in [-0.3, -0.25) is 0 Å². The highest BCUT2D eigenvalue weighted by Crippen LogP contribution is 2.55. The van der Waals surface area contributed by atoms with Crippen molar-refractivity contribution >= 4 is 103 Å². The lowest BCUT2D eigenvalue weighted by atomic mass is 9.34. The van der Waals surface area contributed by atoms with E-state index in [0.717, 1.165) is 73.9 Å². The molecule has 0 atom stereocenters. The van der Waals surface area contributed by atoms with Crippen LogP contribution in [0.25, 0.3) is 0 Å². The molecule has 0 aliphatic carbocycles. The van der Waals surface area contributed by atoms with Crippen LogP contribution >= 0.6 is 0 Å². The van der Waals surface area contributed by atoms with Crippen LogP contribution in [-0.4, -0.2) is 6.71 Å². The van der Waals surface area contributed by atoms with Gasteiger partial charge in [0.25, 0.3) is 0 Å². The summed E-state index contributed by atoms with van der Waals surface area (Å²) in [5, 5.41) is 0. The number of fused-ring (bicyclic) bond motifs is 6. The predicted molar refractivity (Wildman–Crippen MR) is 295 cm³/mol. The Bertz CT molecular complexity index is 3380. The zero-order valence-electron chi connectivity index (χ0n) is 39.0. The van der Waals surface area contributed by atoms with Crippen LogP contribution in [-0.2, 0) is 0 Å². The number of anilines is 14. The molecule has 9 aromatic rings. The van der Waals surface area contributed by atoms with Crippen LogP contribution in [0, 0.1) is 13.8 Å². The van der Waals surface area contributed by atoms with Crippen LogP contribution in [0.4, 0.5) is 79.6 Å². The normalized spacial score (nSPS) is 13.5. The monoisotopic (exact) mass is 887 g/mol. The average Bonchev–Trinajstić information content (AvgIpc) is 3.39. The Morgan fingerprint density at radius 2 is 0.797 bits per heavy atom. The first-order chi connectivity index (χ1) is 34.0. The minimum atomic E-state index is -0.0232. The van der Waals surface area contributed by atoms with Gasteiger partial charge >= 0.3 is 0 Å². The van der Waals surface area contributed by atoms with E-state index in [2.05, 4.69) is 269 Å². The largest absolute Gasteiger partial charge is 0.311 e. The lowest BCUT2D eigenvalue weighted by Gasteiger charge is -2.42. The fraction of sp³-hybridized carbons (Fsp3) is 0.0476. The molecule has 69 heavy (non-hydrogen) atoms. The van der Waals surface area contributed by atoms with Gasteiger partial charge in [0, 0.05) is 39.8 Å². The zero-order valence-corrected chi connectivity index (χ0v) is 39.0. The Morgan fingerprint density at radius 1 is 0.391 bits per heavy atom. The van der Waals surface area contributed by atoms with Crippen LogP contribution in [0.5, 0.6) is 0 Å². The summed E-state index contributed by atoms with van der Waals surface area (Å²) in [6.07, 6.45) is 8.22. The highest BCUT2D eigenvalue weighted by Gasteiger charge is 2.39. The predicted octanol–water partition coefficient (Wildman–Crippen LogP) is 15.4. The van der Waals surface area contributed by atoms with E-state index in [1.165, 1.54) is 38.9 Å². The Labute approximate surface area is 406 Å². The standard InChI is InChI=1S/C63H50BN5/c1-5-6-8-24-45(3)65-55-33-15-21-39-61(55)69(62-40-22-16-34-56(62)65)52-42-41-44(2)63(46(52)4)64-50-29-11-13-31-53(50)67(54-32-14-12-30-51(54)64)48-27-23-28-49(43-48)68-59-37-19-17-35-57(59)66(47-25-9-7-10-26-47)58-36-18-20-38-60(58)68/h5-43H,3H2,1-2,4H3/b6-5-,24-8-. The number of nitrogens with zero attached hydrogens (tertiary/aromatic N) is 5. The number of hydrogen-bond donors (Lipinski definition) is 0. The van der Waals surface area contributed by atoms with Crippen molar-refractivity contribution in [2.45, 2.75) is 20.8 Å². The van der Waals surface area contributed by atoms with E-state index in [4.69, 9.17) is 0 Å². The zero-order chi connectivity index (χ0) is 46.6. The van der Waals surface area contributed by atoms with Crippen LogP contribution < -0.4 is 40.9 Å². The molecule has 5 nitrogen and oxygen atoms in total. The molecule has 0 radical (unpaired) electrons. The van der Waals surface area contributed by atoms with E-state index >= 15 is 0 Å². The lowest BCUT2D eigenvalue weighted by Crippen LogP contribution is -2.58. The topological polar surface area (TPSA) is 16.2 Å². The third-order valence-electron chi connectivity index (χ3n) is 13.9. The molecule has 0 saturated heterocycles. The summed E-state index contributed by atoms with van der Waals surface area (Å²) in [4.78, 5) is 12.0. The molecule has 0 unspecified atom stereocenters. The van der Waals surface area contributed by atoms with Crippen molar-refractivity contribution in [3.8, 4) is 0 Å². The molecule has 330 valence electrons. The van der Waals surface area contributed by atoms with Crippen LogP contribution in [0.15, 0.2) is 249 Å². The summed E-state index contributed by atoms with van der Waals surface area (Å²) in [7, 11) is 0. The van der Waals surface area contributed by atoms with Gasteiger partial charge in [0.05, 0.1) is 45.5 Å². The first-order valence-electron chi connectivity index (χ1n) is 23.8. The van der Waals surface area contributed by atoms with Gasteiger partial charge in [-0.05, 0) is 140 Å². The summed E-state index contributed by atoms with van der Waals surface area (Å²) >= 11 is 0. The van der Waals surface area contributed by atoms with E-state index < -0.39 is 0 Å². The minimum absolute atomic E-state index is 0.0232. The van der Waals surface area contributed by atoms with Gasteiger partial charge in [0.15, 0.2) is 0 Å². The van der Waals surface area contributed by atoms with Gasteiger partial charge in [-0.2, -0.15) is 0 Å². The van der Waals surface area contributed by atoms with Gasteiger partial charge in [0.2, 0.25) is 6.71 Å². The number of aryl methyl sites for hydroxylation is 1. The fourth-order valence-electron chi connectivity index (χ4n) is 11.0. The number of benzene rings is 9. The molecular weight excluding hydrogens is 838 g/mol. The van der Waals surface area contributed by atoms with Crippen molar-refractivity contribution in [3.05, 3.63) is 260 Å². The quantitative estimate of drug-likeness (QED) is 0.111. The van der Waals surface area contributed by atoms with E-state index in [1.807, 2.05) is 19.1 Å². The SMILES string of the molecule is C=C(/C=C\C=C/C)N1c2ccccc2N(c2ccc(C)c(B3c4ccccc4N(c4cccc(N5c6ccccc6N(c6ccccc6)c6ccccc65)c4)c4ccccc43)c2C)c2ccccc21. The molecule has 9 aromatic carbocycles. The van der Waals surface area contributed by atoms with Gasteiger partial charge in [-0.15, -0.1) is 0 Å². The van der Waals surface area contributed by atoms with E-state index in [9.17, 15) is 0 Å². The van der Waals surface area contributed by atoms with Gasteiger partial charge < -0.3 is 24.5 Å². The van der Waals surface area contributed by atoms with Crippen molar-refractivity contribution in [1.29, 1.82) is 0 Å². The van der Waals surface area contributed by atoms with Crippen molar-refractivity contribution < 1.29 is 0 Å². The lowest BCUT2D eigenvalue weighted by molar-refractivity contribution is 1.13. The molecule has 0 aromatic heterocycles. The Balaban J connectivity index is 0.985. The molecule has 0 saturated carbocycles. The van der Waals surface area contributed by atoms with E-state index in [-0.39, 0.29) is 6.71 Å². The molecule has 6 heteroatoms. The smallest absolute Gasteiger partial charge is 0.247 e. The maximum atomic E-state index is 4.56. The van der Waals surface area contributed by atoms with Crippen LogP contribution in [0.2, 0.25) is 0 Å². The summed E-state index contributed by atoms with van der Waals surface area (Å²) in [6, 6.07) is 77.3. The molecule has 0 amide bonds. The third kappa shape index (κ3) is 6.78. The van der Waals surface area contributed by atoms with Gasteiger partial charge in [-0.25, -0.2) is 0 Å². The molecule has 0 bridgehead atoms. The number of hydrogen-bond acceptors (Lipinski definition) is 5. The highest BCUT2D eigenvalue weighted by atomic mass is 15.3. The average molecular weight is 888 g/mol. The molecule has 0 fully saturated rings. The molecule has 3 aliphatic rings. The van der Waals surface area contributed by atoms with Crippen molar-refractivity contribution in [2.24, 2.45) is 0 Å². The summed E-state index contributed by atoms with van der Waals surface area (Å²) in [5.41, 5.74) is 23.0. The maximum absolute atomic E-state index is 4.56. The second-order valence-electron chi connectivity index (χ2n) is 17.9. The first-order valence-corrected chi connectivity index (χ1v) is 23.8. The Kier molecular flexibility index (Phi) is 10.4. The second kappa shape index (κ2) is 17.2. The second-order valence-corrected chi connectivity index (χ2v) is 17.9. The minimum Gasteiger partial charge on any atom is -0.311 e. The highest BCUT2D eigenvalue weighted by molar-refractivity contribution is 6.98. The Hall–Kier alpha value is -8.74. The van der Waals surface area contributed by atoms with E-state index in [1.54, 1.807) is 0 Å². The summed E-state index contributed by atoms with van der Waals surface area (Å²) < 4.78 is 0. The molecular formula is C63H50BN5. The third-order valence-corrected chi connectivity index (χ3v) is 13.9. The molecule has 3 aliphatic heterocycles. The van der Waals surface area contributed by atoms with Crippen LogP contribution in [0.1, 0.15) is 18.1 Å². The van der Waals surface area contributed by atoms with Crippen LogP contribution in [0.3, 0.4) is 0 Å². The summed E-state index contributed by atoms with van der Waals surface area (Å²) in [5.74, 6) is 0. The molecule has 0 spiro atoms. The maximum Gasteiger partial charge on any atom is 0.247 e. The molecule has 0 N–H and O–H groups in total. The van der Waals surface area contributed by atoms with Crippen molar-refractivity contribution in [2.75, 3.05) is 24.5 Å². The fourth-order valence-corrected chi connectivity index (χ4v) is 11.0. The number of para-hydroxylation sites is 11. The van der Waals surface area contributed by atoms with Gasteiger partial charge in [-0.1, -0.05) is 151 Å². The molecule has 12 rings (SSSR count). The number of allylic oxidation sites excluding steroid dienone is 4. The molecule has 3 heterocycles. The van der Waals surface area contributed by atoms with Crippen molar-refractivity contribution in [3.63, 3.8) is 0 Å². The van der Waals surface area contributed by atoms with E-state index in [0.29, 0.717) is 0 Å². The van der Waals surface area contributed by atoms with Gasteiger partial charge in [0.1, 0.15) is 0 Å². The Morgan fingerprint density at radius 3 is 1.30 bits per heavy atom. The summed E-state index contributed by atoms with van der Waals surface area (Å²) in [6.45, 7) is 11.2. The first kappa shape index (κ1) is 41.7.